The molecule has 0 radical (unpaired) electrons. The molecule has 0 aliphatic carbocycles. The molecule has 204 valence electrons. The topological polar surface area (TPSA) is 76.0 Å². The van der Waals surface area contributed by atoms with Crippen LogP contribution in [-0.2, 0) is 26.9 Å². The second kappa shape index (κ2) is 11.5. The zero-order valence-corrected chi connectivity index (χ0v) is 21.5. The van der Waals surface area contributed by atoms with Crippen molar-refractivity contribution in [2.45, 2.75) is 26.4 Å². The summed E-state index contributed by atoms with van der Waals surface area (Å²) >= 11 is 0. The van der Waals surface area contributed by atoms with E-state index < -0.39 is 23.7 Å². The van der Waals surface area contributed by atoms with Gasteiger partial charge in [-0.2, -0.15) is 13.2 Å². The molecule has 0 saturated heterocycles. The number of aromatic nitrogens is 1. The first-order valence-electron chi connectivity index (χ1n) is 12.2. The molecule has 4 rings (SSSR count). The molecule has 39 heavy (non-hydrogen) atoms. The number of esters is 2. The van der Waals surface area contributed by atoms with E-state index in [1.54, 1.807) is 60.9 Å². The Morgan fingerprint density at radius 2 is 1.54 bits per heavy atom. The molecule has 4 aromatic rings. The van der Waals surface area contributed by atoms with Crippen molar-refractivity contribution in [3.05, 3.63) is 83.6 Å². The number of ether oxygens (including phenoxy) is 4. The number of carbonyl (C=O) groups excluding carboxylic acids is 2. The Morgan fingerprint density at radius 3 is 2.18 bits per heavy atom. The lowest BCUT2D eigenvalue weighted by molar-refractivity contribution is -0.142. The first-order valence-corrected chi connectivity index (χ1v) is 12.2. The molecule has 0 aliphatic heterocycles. The molecular weight excluding hydrogens is 515 g/mol. The zero-order valence-electron chi connectivity index (χ0n) is 21.5. The molecule has 0 unspecified atom stereocenters. The Hall–Kier alpha value is -4.47. The number of methoxy groups -OCH3 is 1. The highest BCUT2D eigenvalue weighted by Gasteiger charge is 2.30. The van der Waals surface area contributed by atoms with Gasteiger partial charge in [-0.3, -0.25) is 4.79 Å². The highest BCUT2D eigenvalue weighted by molar-refractivity contribution is 6.07. The first kappa shape index (κ1) is 27.6. The van der Waals surface area contributed by atoms with Gasteiger partial charge in [-0.25, -0.2) is 4.79 Å². The molecule has 0 spiro atoms. The molecule has 0 N–H and O–H groups in total. The molecule has 0 saturated carbocycles. The molecule has 0 amide bonds. The lowest BCUT2D eigenvalue weighted by Crippen LogP contribution is -2.15. The Labute approximate surface area is 222 Å². The summed E-state index contributed by atoms with van der Waals surface area (Å²) in [4.78, 5) is 25.8. The van der Waals surface area contributed by atoms with Gasteiger partial charge in [-0.05, 0) is 68.4 Å². The monoisotopic (exact) mass is 541 g/mol. The minimum absolute atomic E-state index is 0.102. The van der Waals surface area contributed by atoms with Gasteiger partial charge in [0.1, 0.15) is 17.2 Å². The minimum atomic E-state index is -4.47. The van der Waals surface area contributed by atoms with E-state index in [-0.39, 0.29) is 36.7 Å². The van der Waals surface area contributed by atoms with Crippen LogP contribution >= 0.6 is 0 Å². The van der Waals surface area contributed by atoms with Crippen LogP contribution in [0.4, 0.5) is 13.2 Å². The molecule has 0 bridgehead atoms. The van der Waals surface area contributed by atoms with Gasteiger partial charge in [0, 0.05) is 22.8 Å². The van der Waals surface area contributed by atoms with Gasteiger partial charge in [0.25, 0.3) is 0 Å². The average molecular weight is 542 g/mol. The summed E-state index contributed by atoms with van der Waals surface area (Å²) in [7, 11) is 1.53. The summed E-state index contributed by atoms with van der Waals surface area (Å²) < 4.78 is 62.3. The number of halogens is 3. The maximum Gasteiger partial charge on any atom is 0.416 e. The predicted octanol–water partition coefficient (Wildman–Crippen LogP) is 6.73. The Bertz CT molecular complexity index is 1490. The molecule has 7 nitrogen and oxygen atoms in total. The fraction of sp³-hybridized carbons (Fsp3) is 0.241. The van der Waals surface area contributed by atoms with E-state index in [0.717, 1.165) is 12.1 Å². The first-order chi connectivity index (χ1) is 18.7. The Balaban J connectivity index is 1.89. The van der Waals surface area contributed by atoms with Gasteiger partial charge < -0.3 is 23.5 Å². The molecular formula is C29H26F3NO6. The van der Waals surface area contributed by atoms with Crippen LogP contribution in [0.25, 0.3) is 16.6 Å². The van der Waals surface area contributed by atoms with E-state index in [4.69, 9.17) is 18.9 Å². The van der Waals surface area contributed by atoms with E-state index in [1.165, 1.54) is 19.2 Å². The lowest BCUT2D eigenvalue weighted by Gasteiger charge is -2.13. The smallest absolute Gasteiger partial charge is 0.416 e. The van der Waals surface area contributed by atoms with Crippen molar-refractivity contribution in [2.75, 3.05) is 20.3 Å². The van der Waals surface area contributed by atoms with Crippen LogP contribution < -0.4 is 9.47 Å². The fourth-order valence-electron chi connectivity index (χ4n) is 4.23. The number of benzene rings is 3. The predicted molar refractivity (Wildman–Crippen MR) is 138 cm³/mol. The minimum Gasteiger partial charge on any atom is -0.497 e. The van der Waals surface area contributed by atoms with Gasteiger partial charge in [-0.1, -0.05) is 6.07 Å². The largest absolute Gasteiger partial charge is 0.497 e. The van der Waals surface area contributed by atoms with Gasteiger partial charge >= 0.3 is 18.1 Å². The van der Waals surface area contributed by atoms with Crippen LogP contribution in [0.5, 0.6) is 17.2 Å². The second-order valence-corrected chi connectivity index (χ2v) is 8.36. The third-order valence-corrected chi connectivity index (χ3v) is 5.86. The van der Waals surface area contributed by atoms with Crippen molar-refractivity contribution in [3.63, 3.8) is 0 Å². The van der Waals surface area contributed by atoms with Crippen LogP contribution in [0.3, 0.4) is 0 Å². The average Bonchev–Trinajstić information content (AvgIpc) is 3.21. The van der Waals surface area contributed by atoms with E-state index in [1.807, 2.05) is 0 Å². The number of hydrogen-bond donors (Lipinski definition) is 0. The van der Waals surface area contributed by atoms with E-state index in [0.29, 0.717) is 28.0 Å². The SMILES string of the molecule is CCOC(=O)Cc1c(C(=O)OCC)c2cc(Oc3ccc(C(F)(F)F)cc3)ccc2n1-c1cccc(OC)c1. The van der Waals surface area contributed by atoms with Crippen LogP contribution in [-0.4, -0.2) is 36.8 Å². The normalized spacial score (nSPS) is 11.3. The molecule has 3 aromatic carbocycles. The van der Waals surface area contributed by atoms with Crippen LogP contribution in [0, 0.1) is 0 Å². The van der Waals surface area contributed by atoms with Crippen LogP contribution in [0.15, 0.2) is 66.7 Å². The maximum absolute atomic E-state index is 13.2. The van der Waals surface area contributed by atoms with Gasteiger partial charge in [0.15, 0.2) is 0 Å². The van der Waals surface area contributed by atoms with Crippen LogP contribution in [0.2, 0.25) is 0 Å². The summed E-state index contributed by atoms with van der Waals surface area (Å²) in [6.45, 7) is 3.62. The van der Waals surface area contributed by atoms with Gasteiger partial charge in [0.05, 0.1) is 43.4 Å². The Kier molecular flexibility index (Phi) is 8.13. The zero-order chi connectivity index (χ0) is 28.2. The number of hydrogen-bond acceptors (Lipinski definition) is 6. The quantitative estimate of drug-likeness (QED) is 0.219. The molecule has 1 heterocycles. The summed E-state index contributed by atoms with van der Waals surface area (Å²) in [6.07, 6.45) is -4.69. The summed E-state index contributed by atoms with van der Waals surface area (Å²) in [5, 5.41) is 0.431. The van der Waals surface area contributed by atoms with Crippen molar-refractivity contribution in [2.24, 2.45) is 0 Å². The molecule has 10 heteroatoms. The maximum atomic E-state index is 13.2. The number of carbonyl (C=O) groups is 2. The van der Waals surface area contributed by atoms with Crippen molar-refractivity contribution < 1.29 is 41.7 Å². The molecule has 1 aromatic heterocycles. The molecule has 0 fully saturated rings. The summed E-state index contributed by atoms with van der Waals surface area (Å²) in [5.41, 5.74) is 0.910. The van der Waals surface area contributed by atoms with Crippen molar-refractivity contribution in [3.8, 4) is 22.9 Å². The van der Waals surface area contributed by atoms with Crippen molar-refractivity contribution >= 4 is 22.8 Å². The highest BCUT2D eigenvalue weighted by atomic mass is 19.4. The lowest BCUT2D eigenvalue weighted by atomic mass is 10.1. The van der Waals surface area contributed by atoms with Gasteiger partial charge in [-0.15, -0.1) is 0 Å². The fourth-order valence-corrected chi connectivity index (χ4v) is 4.23. The highest BCUT2D eigenvalue weighted by Crippen LogP contribution is 2.36. The number of alkyl halides is 3. The number of rotatable bonds is 9. The number of nitrogens with zero attached hydrogens (tertiary/aromatic N) is 1. The number of fused-ring (bicyclic) bond motifs is 1. The van der Waals surface area contributed by atoms with E-state index in [2.05, 4.69) is 0 Å². The van der Waals surface area contributed by atoms with Crippen LogP contribution in [0.1, 0.15) is 35.5 Å². The standard InChI is InChI=1S/C29H26F3NO6/c1-4-37-26(34)17-25-27(28(35)38-5-2)23-16-22(39-20-11-9-18(10-12-20)29(30,31)32)13-14-24(23)33(25)19-7-6-8-21(15-19)36-3/h6-16H,4-5,17H2,1-3H3. The third kappa shape index (κ3) is 6.00. The van der Waals surface area contributed by atoms with E-state index >= 15 is 0 Å². The second-order valence-electron chi connectivity index (χ2n) is 8.36. The van der Waals surface area contributed by atoms with Gasteiger partial charge in [0.2, 0.25) is 0 Å². The molecule has 0 aliphatic rings. The Morgan fingerprint density at radius 1 is 0.846 bits per heavy atom. The van der Waals surface area contributed by atoms with E-state index in [9.17, 15) is 22.8 Å². The van der Waals surface area contributed by atoms with Crippen molar-refractivity contribution in [1.82, 2.24) is 4.57 Å². The van der Waals surface area contributed by atoms with Crippen molar-refractivity contribution in [1.29, 1.82) is 0 Å². The molecule has 0 atom stereocenters. The summed E-state index contributed by atoms with van der Waals surface area (Å²) in [5.74, 6) is -0.153. The summed E-state index contributed by atoms with van der Waals surface area (Å²) in [6, 6.07) is 16.3. The third-order valence-electron chi connectivity index (χ3n) is 5.86.